The maximum Gasteiger partial charge on any atom is 0.225 e. The van der Waals surface area contributed by atoms with Crippen LogP contribution in [0.5, 0.6) is 0 Å². The molecule has 3 nitrogen and oxygen atoms in total. The van der Waals surface area contributed by atoms with E-state index in [0.29, 0.717) is 13.0 Å². The van der Waals surface area contributed by atoms with Crippen LogP contribution < -0.4 is 0 Å². The second-order valence-electron chi connectivity index (χ2n) is 3.65. The van der Waals surface area contributed by atoms with E-state index in [-0.39, 0.29) is 18.6 Å². The van der Waals surface area contributed by atoms with Crippen molar-refractivity contribution < 1.29 is 9.90 Å². The molecule has 15 heavy (non-hydrogen) atoms. The molecule has 1 N–H and O–H groups in total. The Morgan fingerprint density at radius 3 is 2.80 bits per heavy atom. The summed E-state index contributed by atoms with van der Waals surface area (Å²) in [7, 11) is 0. The molecule has 0 aromatic heterocycles. The van der Waals surface area contributed by atoms with Gasteiger partial charge < -0.3 is 10.0 Å². The van der Waals surface area contributed by atoms with Gasteiger partial charge in [-0.15, -0.1) is 0 Å². The molecule has 0 bridgehead atoms. The van der Waals surface area contributed by atoms with Crippen LogP contribution in [0.1, 0.15) is 12.0 Å². The van der Waals surface area contributed by atoms with E-state index in [0.717, 1.165) is 10.0 Å². The molecule has 1 amide bonds. The lowest BCUT2D eigenvalue weighted by Crippen LogP contribution is -2.53. The molecule has 0 unspecified atom stereocenters. The fraction of sp³-hybridized carbons (Fsp3) is 0.364. The molecule has 1 atom stereocenters. The zero-order valence-electron chi connectivity index (χ0n) is 8.19. The van der Waals surface area contributed by atoms with Gasteiger partial charge in [-0.25, -0.2) is 0 Å². The highest BCUT2D eigenvalue weighted by atomic mass is 79.9. The van der Waals surface area contributed by atoms with E-state index in [1.807, 2.05) is 24.3 Å². The normalized spacial score (nSPS) is 20.3. The number of β-lactam (4-membered cyclic amide) rings is 1. The van der Waals surface area contributed by atoms with Crippen molar-refractivity contribution in [2.24, 2.45) is 0 Å². The Morgan fingerprint density at radius 2 is 2.20 bits per heavy atom. The molecular weight excluding hydrogens is 258 g/mol. The van der Waals surface area contributed by atoms with Crippen molar-refractivity contribution in [3.63, 3.8) is 0 Å². The Labute approximate surface area is 96.8 Å². The highest BCUT2D eigenvalue weighted by Crippen LogP contribution is 2.25. The van der Waals surface area contributed by atoms with Crippen molar-refractivity contribution in [3.8, 4) is 0 Å². The van der Waals surface area contributed by atoms with Gasteiger partial charge in [0.25, 0.3) is 0 Å². The molecule has 1 heterocycles. The molecule has 0 saturated carbocycles. The van der Waals surface area contributed by atoms with E-state index in [4.69, 9.17) is 5.11 Å². The topological polar surface area (TPSA) is 40.5 Å². The summed E-state index contributed by atoms with van der Waals surface area (Å²) in [5.41, 5.74) is 1.07. The number of nitrogens with zero attached hydrogens (tertiary/aromatic N) is 1. The summed E-state index contributed by atoms with van der Waals surface area (Å²) in [6.45, 7) is 0.627. The van der Waals surface area contributed by atoms with Gasteiger partial charge in [-0.2, -0.15) is 0 Å². The fourth-order valence-corrected chi connectivity index (χ4v) is 2.12. The Balaban J connectivity index is 2.09. The van der Waals surface area contributed by atoms with Crippen LogP contribution in [0, 0.1) is 0 Å². The first-order chi connectivity index (χ1) is 7.22. The maximum atomic E-state index is 11.3. The van der Waals surface area contributed by atoms with Crippen molar-refractivity contribution in [2.45, 2.75) is 19.0 Å². The van der Waals surface area contributed by atoms with Crippen molar-refractivity contribution in [3.05, 3.63) is 34.3 Å². The smallest absolute Gasteiger partial charge is 0.225 e. The van der Waals surface area contributed by atoms with Crippen LogP contribution in [0.25, 0.3) is 0 Å². The second kappa shape index (κ2) is 4.33. The Bertz CT molecular complexity index is 381. The van der Waals surface area contributed by atoms with Gasteiger partial charge in [-0.05, 0) is 11.6 Å². The molecule has 0 spiro atoms. The Morgan fingerprint density at radius 1 is 1.47 bits per heavy atom. The van der Waals surface area contributed by atoms with E-state index in [2.05, 4.69) is 15.9 Å². The number of carbonyl (C=O) groups excluding carboxylic acids is 1. The zero-order valence-corrected chi connectivity index (χ0v) is 9.77. The molecule has 1 fully saturated rings. The van der Waals surface area contributed by atoms with Crippen molar-refractivity contribution in [2.75, 3.05) is 6.61 Å². The van der Waals surface area contributed by atoms with Gasteiger partial charge in [-0.1, -0.05) is 34.1 Å². The van der Waals surface area contributed by atoms with E-state index in [9.17, 15) is 4.79 Å². The first kappa shape index (κ1) is 10.6. The average Bonchev–Trinajstić information content (AvgIpc) is 2.24. The lowest BCUT2D eigenvalue weighted by molar-refractivity contribution is -0.149. The van der Waals surface area contributed by atoms with Gasteiger partial charge in [0, 0.05) is 17.4 Å². The van der Waals surface area contributed by atoms with Crippen LogP contribution in [0.3, 0.4) is 0 Å². The number of aliphatic hydroxyl groups excluding tert-OH is 1. The number of amides is 1. The van der Waals surface area contributed by atoms with Crippen LogP contribution in [0.15, 0.2) is 28.7 Å². The van der Waals surface area contributed by atoms with Gasteiger partial charge in [0.2, 0.25) is 5.91 Å². The third-order valence-corrected chi connectivity index (χ3v) is 3.45. The first-order valence-corrected chi connectivity index (χ1v) is 5.65. The van der Waals surface area contributed by atoms with Crippen molar-refractivity contribution >= 4 is 21.8 Å². The lowest BCUT2D eigenvalue weighted by Gasteiger charge is -2.39. The first-order valence-electron chi connectivity index (χ1n) is 4.86. The van der Waals surface area contributed by atoms with Crippen molar-refractivity contribution in [1.29, 1.82) is 0 Å². The minimum Gasteiger partial charge on any atom is -0.394 e. The van der Waals surface area contributed by atoms with Gasteiger partial charge in [0.15, 0.2) is 0 Å². The van der Waals surface area contributed by atoms with Crippen LogP contribution in [0.2, 0.25) is 0 Å². The largest absolute Gasteiger partial charge is 0.394 e. The highest BCUT2D eigenvalue weighted by Gasteiger charge is 2.35. The minimum absolute atomic E-state index is 0.00426. The third-order valence-electron chi connectivity index (χ3n) is 2.68. The molecule has 0 aliphatic carbocycles. The summed E-state index contributed by atoms with van der Waals surface area (Å²) in [5, 5.41) is 9.02. The molecule has 80 valence electrons. The molecule has 1 aromatic carbocycles. The van der Waals surface area contributed by atoms with Gasteiger partial charge in [-0.3, -0.25) is 4.79 Å². The number of aliphatic hydroxyl groups is 1. The third kappa shape index (κ3) is 2.06. The molecule has 4 heteroatoms. The summed E-state index contributed by atoms with van der Waals surface area (Å²) < 4.78 is 1.00. The average molecular weight is 270 g/mol. The number of rotatable bonds is 3. The number of likely N-dealkylation sites (tertiary alicyclic amines) is 1. The standard InChI is InChI=1S/C11H12BrNO2/c12-10-4-2-1-3-8(10)6-13-9(7-14)5-11(13)15/h1-4,9,14H,5-7H2/t9-/m1/s1. The molecular formula is C11H12BrNO2. The SMILES string of the molecule is O=C1C[C@H](CO)N1Cc1ccccc1Br. The number of carbonyl (C=O) groups is 1. The van der Waals surface area contributed by atoms with Gasteiger partial charge >= 0.3 is 0 Å². The zero-order chi connectivity index (χ0) is 10.8. The summed E-state index contributed by atoms with van der Waals surface area (Å²) in [4.78, 5) is 13.0. The number of benzene rings is 1. The summed E-state index contributed by atoms with van der Waals surface area (Å²) in [6.07, 6.45) is 0.473. The van der Waals surface area contributed by atoms with Crippen molar-refractivity contribution in [1.82, 2.24) is 4.90 Å². The summed E-state index contributed by atoms with van der Waals surface area (Å²) in [5.74, 6) is 0.116. The van der Waals surface area contributed by atoms with Crippen LogP contribution in [0.4, 0.5) is 0 Å². The summed E-state index contributed by atoms with van der Waals surface area (Å²) >= 11 is 3.44. The maximum absolute atomic E-state index is 11.3. The predicted molar refractivity (Wildman–Crippen MR) is 60.2 cm³/mol. The van der Waals surface area contributed by atoms with E-state index >= 15 is 0 Å². The van der Waals surface area contributed by atoms with E-state index in [1.165, 1.54) is 0 Å². The Hall–Kier alpha value is -0.870. The highest BCUT2D eigenvalue weighted by molar-refractivity contribution is 9.10. The van der Waals surface area contributed by atoms with E-state index in [1.54, 1.807) is 4.90 Å². The van der Waals surface area contributed by atoms with Crippen LogP contribution in [-0.4, -0.2) is 28.6 Å². The van der Waals surface area contributed by atoms with Crippen LogP contribution >= 0.6 is 15.9 Å². The second-order valence-corrected chi connectivity index (χ2v) is 4.51. The van der Waals surface area contributed by atoms with Gasteiger partial charge in [0.1, 0.15) is 0 Å². The fourth-order valence-electron chi connectivity index (χ4n) is 1.71. The quantitative estimate of drug-likeness (QED) is 0.846. The molecule has 1 saturated heterocycles. The molecule has 0 radical (unpaired) electrons. The molecule has 1 aliphatic rings. The molecule has 1 aliphatic heterocycles. The number of hydrogen-bond acceptors (Lipinski definition) is 2. The number of hydrogen-bond donors (Lipinski definition) is 1. The minimum atomic E-state index is 0.00426. The van der Waals surface area contributed by atoms with Crippen LogP contribution in [-0.2, 0) is 11.3 Å². The summed E-state index contributed by atoms with van der Waals surface area (Å²) in [6, 6.07) is 7.81. The van der Waals surface area contributed by atoms with E-state index < -0.39 is 0 Å². The number of halogens is 1. The monoisotopic (exact) mass is 269 g/mol. The van der Waals surface area contributed by atoms with Gasteiger partial charge in [0.05, 0.1) is 12.6 Å². The predicted octanol–water partition coefficient (Wildman–Crippen LogP) is 1.54. The Kier molecular flexibility index (Phi) is 3.07. The molecule has 1 aromatic rings. The lowest BCUT2D eigenvalue weighted by atomic mass is 10.0. The molecule has 2 rings (SSSR count).